The highest BCUT2D eigenvalue weighted by atomic mass is 79.9. The SMILES string of the molecule is COc1ccc(CO[C@@H]2C[C@H](C)C[C@H](OCc3ccc(Br)cc3)[C@@H](COCc3ccc(Br)cc3)O[C@H]2C[C@H](O)/C(C)=C/C[C@H]2O[C@@H](COCc3ccccc3)[C@H](OCc3ccccc3)C/C=C\C[C@@H]2O[Si](C)(C)C(C)(C)C)cc1. The molecule has 0 radical (unpaired) electrons. The molecule has 2 aliphatic rings. The number of halogens is 2. The number of ether oxygens (including phenoxy) is 8. The molecule has 1 N–H and O–H groups in total. The number of rotatable bonds is 25. The third-order valence-electron chi connectivity index (χ3n) is 15.6. The number of methoxy groups -OCH3 is 1. The lowest BCUT2D eigenvalue weighted by Gasteiger charge is -2.42. The summed E-state index contributed by atoms with van der Waals surface area (Å²) in [4.78, 5) is 0. The van der Waals surface area contributed by atoms with Crippen LogP contribution in [0.3, 0.4) is 0 Å². The molecule has 5 aromatic carbocycles. The molecule has 5 aromatic rings. The van der Waals surface area contributed by atoms with Crippen molar-refractivity contribution < 1.29 is 47.4 Å². The molecule has 1 saturated heterocycles. The smallest absolute Gasteiger partial charge is 0.192 e. The maximum absolute atomic E-state index is 12.6. The molecule has 2 aliphatic heterocycles. The van der Waals surface area contributed by atoms with Crippen molar-refractivity contribution in [2.45, 2.75) is 179 Å². The number of aliphatic hydroxyl groups excluding tert-OH is 1. The van der Waals surface area contributed by atoms with E-state index in [1.807, 2.05) is 91.9 Å². The first-order chi connectivity index (χ1) is 38.0. The Bertz CT molecular complexity index is 2580. The van der Waals surface area contributed by atoms with Crippen LogP contribution in [0.2, 0.25) is 18.1 Å². The third-order valence-corrected chi connectivity index (χ3v) is 21.2. The molecule has 79 heavy (non-hydrogen) atoms. The summed E-state index contributed by atoms with van der Waals surface area (Å²) in [6, 6.07) is 44.9. The van der Waals surface area contributed by atoms with Gasteiger partial charge in [-0.15, -0.1) is 0 Å². The second-order valence-electron chi connectivity index (χ2n) is 22.9. The monoisotopic (exact) mass is 1220 g/mol. The minimum absolute atomic E-state index is 0.0346. The van der Waals surface area contributed by atoms with Gasteiger partial charge < -0.3 is 47.4 Å². The van der Waals surface area contributed by atoms with Crippen molar-refractivity contribution in [1.82, 2.24) is 0 Å². The molecule has 1 fully saturated rings. The number of hydrogen-bond acceptors (Lipinski definition) is 10. The third kappa shape index (κ3) is 20.5. The Kier molecular flexibility index (Phi) is 25.1. The van der Waals surface area contributed by atoms with Crippen LogP contribution >= 0.6 is 31.9 Å². The lowest BCUT2D eigenvalue weighted by molar-refractivity contribution is -0.191. The Morgan fingerprint density at radius 1 is 0.595 bits per heavy atom. The van der Waals surface area contributed by atoms with E-state index in [9.17, 15) is 5.11 Å². The molecule has 0 amide bonds. The summed E-state index contributed by atoms with van der Waals surface area (Å²) in [6.07, 6.45) is 6.30. The maximum Gasteiger partial charge on any atom is 0.192 e. The minimum Gasteiger partial charge on any atom is -0.497 e. The molecule has 0 spiro atoms. The van der Waals surface area contributed by atoms with E-state index in [1.165, 1.54) is 0 Å². The van der Waals surface area contributed by atoms with Crippen LogP contribution in [0.4, 0.5) is 0 Å². The molecule has 7 rings (SSSR count). The van der Waals surface area contributed by atoms with Gasteiger partial charge in [-0.3, -0.25) is 0 Å². The van der Waals surface area contributed by atoms with Crippen LogP contribution < -0.4 is 4.74 Å². The van der Waals surface area contributed by atoms with Crippen molar-refractivity contribution in [3.63, 3.8) is 0 Å². The summed E-state index contributed by atoms with van der Waals surface area (Å²) in [5.41, 5.74) is 6.15. The molecule has 2 heterocycles. The second kappa shape index (κ2) is 31.6. The molecule has 10 atom stereocenters. The van der Waals surface area contributed by atoms with Gasteiger partial charge in [0.05, 0.1) is 96.1 Å². The summed E-state index contributed by atoms with van der Waals surface area (Å²) in [5, 5.41) is 12.5. The zero-order chi connectivity index (χ0) is 56.2. The number of aliphatic hydroxyl groups is 1. The summed E-state index contributed by atoms with van der Waals surface area (Å²) in [5.74, 6) is 0.982. The Hall–Kier alpha value is -3.80. The predicted molar refractivity (Wildman–Crippen MR) is 324 cm³/mol. The zero-order valence-corrected chi connectivity index (χ0v) is 51.9. The summed E-state index contributed by atoms with van der Waals surface area (Å²) in [6.45, 7) is 18.4. The molecule has 0 saturated carbocycles. The van der Waals surface area contributed by atoms with Crippen LogP contribution in [0.1, 0.15) is 101 Å². The van der Waals surface area contributed by atoms with Crippen molar-refractivity contribution in [3.05, 3.63) is 194 Å². The summed E-state index contributed by atoms with van der Waals surface area (Å²) >= 11 is 7.15. The van der Waals surface area contributed by atoms with Crippen molar-refractivity contribution in [1.29, 1.82) is 0 Å². The van der Waals surface area contributed by atoms with Gasteiger partial charge in [0, 0.05) is 15.4 Å². The predicted octanol–water partition coefficient (Wildman–Crippen LogP) is 15.5. The first-order valence-electron chi connectivity index (χ1n) is 28.2. The summed E-state index contributed by atoms with van der Waals surface area (Å²) < 4.78 is 63.0. The Labute approximate surface area is 489 Å². The highest BCUT2D eigenvalue weighted by molar-refractivity contribution is 9.10. The first kappa shape index (κ1) is 62.8. The van der Waals surface area contributed by atoms with Gasteiger partial charge in [-0.25, -0.2) is 0 Å². The molecular weight excluding hydrogens is 1140 g/mol. The lowest BCUT2D eigenvalue weighted by Crippen LogP contribution is -2.49. The summed E-state index contributed by atoms with van der Waals surface area (Å²) in [7, 11) is -0.633. The fourth-order valence-electron chi connectivity index (χ4n) is 9.74. The van der Waals surface area contributed by atoms with Crippen molar-refractivity contribution in [2.24, 2.45) is 5.92 Å². The van der Waals surface area contributed by atoms with Crippen LogP contribution in [0.5, 0.6) is 5.75 Å². The van der Waals surface area contributed by atoms with Crippen LogP contribution in [0.15, 0.2) is 166 Å². The highest BCUT2D eigenvalue weighted by Gasteiger charge is 2.42. The largest absolute Gasteiger partial charge is 0.497 e. The van der Waals surface area contributed by atoms with Crippen LogP contribution in [-0.2, 0) is 70.6 Å². The number of benzene rings is 5. The maximum atomic E-state index is 12.6. The van der Waals surface area contributed by atoms with Gasteiger partial charge in [0.25, 0.3) is 0 Å². The molecule has 428 valence electrons. The molecule has 0 aliphatic carbocycles. The van der Waals surface area contributed by atoms with Gasteiger partial charge in [0.15, 0.2) is 8.32 Å². The molecule has 13 heteroatoms. The van der Waals surface area contributed by atoms with E-state index in [0.29, 0.717) is 65.3 Å². The van der Waals surface area contributed by atoms with Crippen LogP contribution in [0.25, 0.3) is 0 Å². The number of hydrogen-bond donors (Lipinski definition) is 1. The molecule has 0 aromatic heterocycles. The van der Waals surface area contributed by atoms with E-state index in [4.69, 9.17) is 42.3 Å². The van der Waals surface area contributed by atoms with Gasteiger partial charge in [0.2, 0.25) is 0 Å². The molecular formula is C66H86Br2O10Si. The average Bonchev–Trinajstić information content (AvgIpc) is 3.52. The van der Waals surface area contributed by atoms with Gasteiger partial charge >= 0.3 is 0 Å². The highest BCUT2D eigenvalue weighted by Crippen LogP contribution is 2.40. The van der Waals surface area contributed by atoms with Crippen molar-refractivity contribution in [3.8, 4) is 5.75 Å². The van der Waals surface area contributed by atoms with Crippen LogP contribution in [-0.4, -0.2) is 88.7 Å². The normalized spacial score (nSPS) is 24.3. The van der Waals surface area contributed by atoms with E-state index in [0.717, 1.165) is 54.5 Å². The van der Waals surface area contributed by atoms with Crippen LogP contribution in [0, 0.1) is 5.92 Å². The Morgan fingerprint density at radius 2 is 1.03 bits per heavy atom. The van der Waals surface area contributed by atoms with E-state index in [2.05, 4.69) is 139 Å². The minimum atomic E-state index is -2.30. The van der Waals surface area contributed by atoms with E-state index in [-0.39, 0.29) is 54.5 Å². The van der Waals surface area contributed by atoms with Gasteiger partial charge in [-0.1, -0.05) is 175 Å². The van der Waals surface area contributed by atoms with Crippen molar-refractivity contribution in [2.75, 3.05) is 20.3 Å². The Balaban J connectivity index is 1.17. The van der Waals surface area contributed by atoms with Gasteiger partial charge in [0.1, 0.15) is 18.0 Å². The standard InChI is InChI=1S/C66H86Br2O10Si/c1-47-37-61(74-44-53-28-34-56(70-6)35-29-53)63(77-65(46-72-41-51-24-30-54(67)31-25-51)62(38-47)75-43-52-26-32-55(68)33-27-52)39-57(69)48(2)23-36-59-60(78-79(7,8)66(3,4)5)22-16-15-21-58(73-42-50-19-13-10-14-20-50)64(76-59)45-71-40-49-17-11-9-12-18-49/h9-20,23-35,47,57-65,69H,21-22,36-46H2,1-8H3/b16-15-,48-23+/t47-,57-,58+,59+,60-,61+,62-,63-,64-,65+/m0/s1. The van der Waals surface area contributed by atoms with E-state index >= 15 is 0 Å². The topological polar surface area (TPSA) is 103 Å². The lowest BCUT2D eigenvalue weighted by atomic mass is 9.88. The first-order valence-corrected chi connectivity index (χ1v) is 32.7. The zero-order valence-electron chi connectivity index (χ0n) is 47.8. The average molecular weight is 1230 g/mol. The van der Waals surface area contributed by atoms with Gasteiger partial charge in [-0.05, 0) is 133 Å². The van der Waals surface area contributed by atoms with E-state index in [1.54, 1.807) is 7.11 Å². The molecule has 0 unspecified atom stereocenters. The molecule has 10 nitrogen and oxygen atoms in total. The quantitative estimate of drug-likeness (QED) is 0.0449. The van der Waals surface area contributed by atoms with E-state index < -0.39 is 32.7 Å². The van der Waals surface area contributed by atoms with Gasteiger partial charge in [-0.2, -0.15) is 0 Å². The fraction of sp³-hybridized carbons (Fsp3) is 0.485. The Morgan fingerprint density at radius 3 is 1.54 bits per heavy atom. The molecule has 0 bridgehead atoms. The van der Waals surface area contributed by atoms with Crippen molar-refractivity contribution >= 4 is 40.2 Å². The fourth-order valence-corrected chi connectivity index (χ4v) is 11.6. The second-order valence-corrected chi connectivity index (χ2v) is 29.5.